The number of hydrogen-bond acceptors (Lipinski definition) is 3. The van der Waals surface area contributed by atoms with Crippen LogP contribution in [-0.4, -0.2) is 29.8 Å². The van der Waals surface area contributed by atoms with Crippen molar-refractivity contribution in [2.75, 3.05) is 7.11 Å². The molecule has 3 nitrogen and oxygen atoms in total. The number of benzene rings is 1. The number of halogens is 3. The summed E-state index contributed by atoms with van der Waals surface area (Å²) in [6, 6.07) is 8.73. The summed E-state index contributed by atoms with van der Waals surface area (Å²) in [5.41, 5.74) is -1.07. The molecule has 1 aliphatic rings. The third-order valence-electron chi connectivity index (χ3n) is 3.42. The number of rotatable bonds is 3. The van der Waals surface area contributed by atoms with Gasteiger partial charge in [0.1, 0.15) is 5.71 Å². The van der Waals surface area contributed by atoms with E-state index < -0.39 is 11.8 Å². The van der Waals surface area contributed by atoms with Gasteiger partial charge in [-0.05, 0) is 6.08 Å². The molecule has 0 amide bonds. The molecule has 21 heavy (non-hydrogen) atoms. The van der Waals surface area contributed by atoms with Crippen molar-refractivity contribution >= 4 is 5.71 Å². The summed E-state index contributed by atoms with van der Waals surface area (Å²) in [6.45, 7) is 0. The molecule has 0 saturated heterocycles. The molecule has 2 rings (SSSR count). The fraction of sp³-hybridized carbons (Fsp3) is 0.267. The molecule has 0 spiro atoms. The Morgan fingerprint density at radius 3 is 2.38 bits per heavy atom. The van der Waals surface area contributed by atoms with E-state index in [9.17, 15) is 13.2 Å². The maximum Gasteiger partial charge on any atom is 0.421 e. The molecule has 0 aromatic heterocycles. The maximum atomic E-state index is 13.0. The Kier molecular flexibility index (Phi) is 4.18. The second kappa shape index (κ2) is 5.73. The number of alkyl halides is 3. The fourth-order valence-electron chi connectivity index (χ4n) is 2.15. The summed E-state index contributed by atoms with van der Waals surface area (Å²) in [5.74, 6) is 0. The molecular formula is C15H14F3NO2. The predicted molar refractivity (Wildman–Crippen MR) is 72.4 cm³/mol. The van der Waals surface area contributed by atoms with Gasteiger partial charge in [0, 0.05) is 24.7 Å². The number of allylic oxidation sites excluding steroid dienone is 2. The summed E-state index contributed by atoms with van der Waals surface area (Å²) in [5, 5.41) is 12.3. The van der Waals surface area contributed by atoms with E-state index in [2.05, 4.69) is 9.89 Å². The highest BCUT2D eigenvalue weighted by Gasteiger charge is 2.53. The van der Waals surface area contributed by atoms with Crippen LogP contribution in [0.25, 0.3) is 0 Å². The summed E-state index contributed by atoms with van der Waals surface area (Å²) < 4.78 is 43.8. The molecule has 1 N–H and O–H groups in total. The smallest absolute Gasteiger partial charge is 0.410 e. The Balaban J connectivity index is 2.30. The van der Waals surface area contributed by atoms with E-state index in [0.29, 0.717) is 11.1 Å². The van der Waals surface area contributed by atoms with E-state index >= 15 is 0 Å². The average Bonchev–Trinajstić information content (AvgIpc) is 2.49. The van der Waals surface area contributed by atoms with Gasteiger partial charge in [0.15, 0.2) is 5.60 Å². The lowest BCUT2D eigenvalue weighted by molar-refractivity contribution is -0.248. The molecule has 0 saturated carbocycles. The highest BCUT2D eigenvalue weighted by molar-refractivity contribution is 6.14. The Morgan fingerprint density at radius 2 is 1.95 bits per heavy atom. The van der Waals surface area contributed by atoms with Crippen molar-refractivity contribution < 1.29 is 23.1 Å². The molecule has 1 aromatic carbocycles. The van der Waals surface area contributed by atoms with E-state index in [1.165, 1.54) is 12.2 Å². The van der Waals surface area contributed by atoms with Crippen molar-refractivity contribution in [3.63, 3.8) is 0 Å². The minimum absolute atomic E-state index is 0.221. The van der Waals surface area contributed by atoms with Crippen molar-refractivity contribution in [2.45, 2.75) is 18.2 Å². The van der Waals surface area contributed by atoms with Crippen LogP contribution >= 0.6 is 0 Å². The number of oxime groups is 1. The topological polar surface area (TPSA) is 41.8 Å². The largest absolute Gasteiger partial charge is 0.421 e. The quantitative estimate of drug-likeness (QED) is 0.525. The van der Waals surface area contributed by atoms with Gasteiger partial charge in [0.25, 0.3) is 0 Å². The Morgan fingerprint density at radius 1 is 1.29 bits per heavy atom. The summed E-state index contributed by atoms with van der Waals surface area (Å²) >= 11 is 0. The second-order valence-electron chi connectivity index (χ2n) is 4.60. The van der Waals surface area contributed by atoms with E-state index in [0.717, 1.165) is 13.2 Å². The SMILES string of the molecule is COC1(C(F)(F)F)C=CC(C(=NO)c2ccccc2)=CC1. The number of nitrogens with zero attached hydrogens (tertiary/aromatic N) is 1. The first kappa shape index (κ1) is 15.3. The van der Waals surface area contributed by atoms with Crippen LogP contribution in [0.15, 0.2) is 59.3 Å². The first-order valence-electron chi connectivity index (χ1n) is 6.22. The molecule has 1 aliphatic carbocycles. The highest BCUT2D eigenvalue weighted by atomic mass is 19.4. The lowest BCUT2D eigenvalue weighted by Gasteiger charge is -2.32. The van der Waals surface area contributed by atoms with Crippen LogP contribution in [0, 0.1) is 0 Å². The molecule has 6 heteroatoms. The molecule has 1 unspecified atom stereocenters. The zero-order chi connectivity index (χ0) is 15.5. The predicted octanol–water partition coefficient (Wildman–Crippen LogP) is 3.70. The summed E-state index contributed by atoms with van der Waals surface area (Å²) in [6.07, 6.45) is -1.30. The van der Waals surface area contributed by atoms with Crippen LogP contribution in [-0.2, 0) is 4.74 Å². The van der Waals surface area contributed by atoms with Crippen molar-refractivity contribution in [1.82, 2.24) is 0 Å². The maximum absolute atomic E-state index is 13.0. The minimum atomic E-state index is -4.51. The van der Waals surface area contributed by atoms with Crippen molar-refractivity contribution in [3.05, 3.63) is 59.7 Å². The van der Waals surface area contributed by atoms with Crippen molar-refractivity contribution in [3.8, 4) is 0 Å². The molecule has 0 radical (unpaired) electrons. The molecule has 0 bridgehead atoms. The van der Waals surface area contributed by atoms with E-state index in [1.54, 1.807) is 30.3 Å². The Bertz CT molecular complexity index is 591. The van der Waals surface area contributed by atoms with Gasteiger partial charge >= 0.3 is 6.18 Å². The van der Waals surface area contributed by atoms with Gasteiger partial charge in [-0.15, -0.1) is 0 Å². The van der Waals surface area contributed by atoms with Gasteiger partial charge < -0.3 is 9.94 Å². The standard InChI is InChI=1S/C15H14F3NO2/c1-21-14(15(16,17)18)9-7-12(8-10-14)13(19-20)11-5-3-2-4-6-11/h2-9,20H,10H2,1H3. The number of methoxy groups -OCH3 is 1. The lowest BCUT2D eigenvalue weighted by atomic mass is 9.88. The molecule has 112 valence electrons. The third-order valence-corrected chi connectivity index (χ3v) is 3.42. The number of ether oxygens (including phenoxy) is 1. The zero-order valence-electron chi connectivity index (χ0n) is 11.3. The second-order valence-corrected chi connectivity index (χ2v) is 4.60. The van der Waals surface area contributed by atoms with Gasteiger partial charge in [-0.2, -0.15) is 13.2 Å². The molecule has 0 heterocycles. The first-order valence-corrected chi connectivity index (χ1v) is 6.22. The van der Waals surface area contributed by atoms with Gasteiger partial charge in [0.2, 0.25) is 0 Å². The van der Waals surface area contributed by atoms with Crippen LogP contribution in [0.2, 0.25) is 0 Å². The average molecular weight is 297 g/mol. The molecule has 0 aliphatic heterocycles. The Hall–Kier alpha value is -2.08. The lowest BCUT2D eigenvalue weighted by Crippen LogP contribution is -2.45. The number of hydrogen-bond donors (Lipinski definition) is 1. The molecule has 0 fully saturated rings. The van der Waals surface area contributed by atoms with Crippen LogP contribution < -0.4 is 0 Å². The first-order chi connectivity index (χ1) is 9.93. The molecular weight excluding hydrogens is 283 g/mol. The minimum Gasteiger partial charge on any atom is -0.410 e. The van der Waals surface area contributed by atoms with Crippen LogP contribution in [0.5, 0.6) is 0 Å². The van der Waals surface area contributed by atoms with Gasteiger partial charge in [-0.3, -0.25) is 0 Å². The van der Waals surface area contributed by atoms with E-state index in [-0.39, 0.29) is 12.1 Å². The van der Waals surface area contributed by atoms with E-state index in [4.69, 9.17) is 5.21 Å². The fourth-order valence-corrected chi connectivity index (χ4v) is 2.15. The molecule has 1 atom stereocenters. The molecule has 1 aromatic rings. The summed E-state index contributed by atoms with van der Waals surface area (Å²) in [7, 11) is 1.02. The van der Waals surface area contributed by atoms with Gasteiger partial charge in [-0.1, -0.05) is 47.6 Å². The van der Waals surface area contributed by atoms with Crippen LogP contribution in [0.1, 0.15) is 12.0 Å². The van der Waals surface area contributed by atoms with Crippen LogP contribution in [0.4, 0.5) is 13.2 Å². The van der Waals surface area contributed by atoms with Crippen molar-refractivity contribution in [1.29, 1.82) is 0 Å². The van der Waals surface area contributed by atoms with Crippen LogP contribution in [0.3, 0.4) is 0 Å². The Labute approximate surface area is 120 Å². The zero-order valence-corrected chi connectivity index (χ0v) is 11.3. The van der Waals surface area contributed by atoms with Crippen molar-refractivity contribution in [2.24, 2.45) is 5.16 Å². The van der Waals surface area contributed by atoms with Gasteiger partial charge in [0.05, 0.1) is 0 Å². The highest BCUT2D eigenvalue weighted by Crippen LogP contribution is 2.40. The monoisotopic (exact) mass is 297 g/mol. The third kappa shape index (κ3) is 2.85. The van der Waals surface area contributed by atoms with E-state index in [1.807, 2.05) is 0 Å². The normalized spacial score (nSPS) is 23.0. The van der Waals surface area contributed by atoms with Gasteiger partial charge in [-0.25, -0.2) is 0 Å². The summed E-state index contributed by atoms with van der Waals surface area (Å²) in [4.78, 5) is 0.